The Hall–Kier alpha value is -2.69. The van der Waals surface area contributed by atoms with Gasteiger partial charge in [0.2, 0.25) is 11.8 Å². The normalized spacial score (nSPS) is 17.1. The van der Waals surface area contributed by atoms with E-state index in [-0.39, 0.29) is 24.2 Å². The van der Waals surface area contributed by atoms with Crippen LogP contribution in [0.15, 0.2) is 48.7 Å². The number of aryl methyl sites for hydroxylation is 1. The molecule has 0 aliphatic carbocycles. The highest BCUT2D eigenvalue weighted by molar-refractivity contribution is 5.97. The molecule has 0 saturated carbocycles. The Morgan fingerprint density at radius 2 is 2.04 bits per heavy atom. The molecule has 5 nitrogen and oxygen atoms in total. The Morgan fingerprint density at radius 1 is 1.25 bits per heavy atom. The van der Waals surface area contributed by atoms with Gasteiger partial charge in [-0.25, -0.2) is 4.98 Å². The first-order valence-corrected chi connectivity index (χ1v) is 8.17. The Labute approximate surface area is 141 Å². The van der Waals surface area contributed by atoms with Crippen molar-refractivity contribution in [3.8, 4) is 0 Å². The summed E-state index contributed by atoms with van der Waals surface area (Å²) in [6, 6.07) is 13.8. The molecule has 5 heteroatoms. The van der Waals surface area contributed by atoms with Crippen molar-refractivity contribution in [2.75, 3.05) is 18.4 Å². The number of carbonyl (C=O) groups excluding carboxylic acids is 2. The maximum absolute atomic E-state index is 12.4. The number of aromatic nitrogens is 1. The Morgan fingerprint density at radius 3 is 2.79 bits per heavy atom. The van der Waals surface area contributed by atoms with Crippen LogP contribution in [0.2, 0.25) is 0 Å². The first-order valence-electron chi connectivity index (χ1n) is 8.17. The lowest BCUT2D eigenvalue weighted by Crippen LogP contribution is -2.30. The van der Waals surface area contributed by atoms with Crippen LogP contribution in [0.25, 0.3) is 0 Å². The van der Waals surface area contributed by atoms with Gasteiger partial charge in [0, 0.05) is 25.7 Å². The molecule has 1 N–H and O–H groups in total. The average molecular weight is 323 g/mol. The summed E-state index contributed by atoms with van der Waals surface area (Å²) in [6.45, 7) is 3.02. The van der Waals surface area contributed by atoms with Crippen molar-refractivity contribution in [2.45, 2.75) is 19.8 Å². The third-order valence-corrected chi connectivity index (χ3v) is 4.35. The molecule has 1 saturated heterocycles. The van der Waals surface area contributed by atoms with Crippen molar-refractivity contribution >= 4 is 17.6 Å². The summed E-state index contributed by atoms with van der Waals surface area (Å²) in [5.74, 6) is 0.170. The number of amides is 2. The monoisotopic (exact) mass is 323 g/mol. The van der Waals surface area contributed by atoms with Crippen LogP contribution < -0.4 is 5.32 Å². The summed E-state index contributed by atoms with van der Waals surface area (Å²) in [5.41, 5.74) is 2.11. The number of likely N-dealkylation sites (tertiary alicyclic amines) is 1. The van der Waals surface area contributed by atoms with Gasteiger partial charge in [-0.15, -0.1) is 0 Å². The summed E-state index contributed by atoms with van der Waals surface area (Å²) in [5, 5.41) is 2.84. The highest BCUT2D eigenvalue weighted by atomic mass is 16.2. The van der Waals surface area contributed by atoms with E-state index in [1.54, 1.807) is 11.1 Å². The minimum absolute atomic E-state index is 0.0452. The van der Waals surface area contributed by atoms with Gasteiger partial charge in [-0.2, -0.15) is 0 Å². The van der Waals surface area contributed by atoms with Crippen LogP contribution in [0.4, 0.5) is 5.82 Å². The fraction of sp³-hybridized carbons (Fsp3) is 0.316. The van der Waals surface area contributed by atoms with Crippen LogP contribution in [0.5, 0.6) is 0 Å². The summed E-state index contributed by atoms with van der Waals surface area (Å²) in [4.78, 5) is 30.5. The van der Waals surface area contributed by atoms with Gasteiger partial charge in [-0.1, -0.05) is 36.4 Å². The van der Waals surface area contributed by atoms with Crippen LogP contribution in [0.1, 0.15) is 17.5 Å². The van der Waals surface area contributed by atoms with Crippen LogP contribution >= 0.6 is 0 Å². The van der Waals surface area contributed by atoms with E-state index in [9.17, 15) is 9.59 Å². The standard InChI is InChI=1S/C19H21N3O2/c1-14-6-5-10-20-18(14)21-19(24)16-12-17(23)22(13-16)11-9-15-7-3-2-4-8-15/h2-8,10,16H,9,11-13H2,1H3,(H,20,21,24). The van der Waals surface area contributed by atoms with Crippen LogP contribution in [0.3, 0.4) is 0 Å². The van der Waals surface area contributed by atoms with E-state index in [2.05, 4.69) is 22.4 Å². The molecule has 1 aliphatic heterocycles. The van der Waals surface area contributed by atoms with Crippen LogP contribution in [0, 0.1) is 12.8 Å². The fourth-order valence-corrected chi connectivity index (χ4v) is 2.91. The van der Waals surface area contributed by atoms with Gasteiger partial charge in [-0.05, 0) is 30.5 Å². The molecule has 1 aromatic heterocycles. The van der Waals surface area contributed by atoms with E-state index in [1.165, 1.54) is 5.56 Å². The minimum atomic E-state index is -0.310. The van der Waals surface area contributed by atoms with Gasteiger partial charge in [0.25, 0.3) is 0 Å². The lowest BCUT2D eigenvalue weighted by molar-refractivity contribution is -0.128. The van der Waals surface area contributed by atoms with Crippen molar-refractivity contribution in [3.63, 3.8) is 0 Å². The van der Waals surface area contributed by atoms with Crippen molar-refractivity contribution in [3.05, 3.63) is 59.8 Å². The number of hydrogen-bond donors (Lipinski definition) is 1. The molecule has 0 radical (unpaired) electrons. The second-order valence-corrected chi connectivity index (χ2v) is 6.13. The highest BCUT2D eigenvalue weighted by Gasteiger charge is 2.34. The number of benzene rings is 1. The zero-order chi connectivity index (χ0) is 16.9. The number of nitrogens with zero attached hydrogens (tertiary/aromatic N) is 2. The smallest absolute Gasteiger partial charge is 0.230 e. The quantitative estimate of drug-likeness (QED) is 0.919. The maximum atomic E-state index is 12.4. The Balaban J connectivity index is 1.56. The highest BCUT2D eigenvalue weighted by Crippen LogP contribution is 2.20. The van der Waals surface area contributed by atoms with E-state index in [1.807, 2.05) is 37.3 Å². The molecule has 0 bridgehead atoms. The second-order valence-electron chi connectivity index (χ2n) is 6.13. The van der Waals surface area contributed by atoms with Gasteiger partial charge in [0.05, 0.1) is 5.92 Å². The SMILES string of the molecule is Cc1cccnc1NC(=O)C1CC(=O)N(CCc2ccccc2)C1. The molecule has 2 heterocycles. The van der Waals surface area contributed by atoms with Crippen LogP contribution in [-0.4, -0.2) is 34.8 Å². The number of anilines is 1. The van der Waals surface area contributed by atoms with E-state index in [0.29, 0.717) is 18.9 Å². The summed E-state index contributed by atoms with van der Waals surface area (Å²) < 4.78 is 0. The molecule has 1 aromatic carbocycles. The van der Waals surface area contributed by atoms with E-state index in [0.717, 1.165) is 12.0 Å². The minimum Gasteiger partial charge on any atom is -0.342 e. The van der Waals surface area contributed by atoms with Crippen molar-refractivity contribution in [2.24, 2.45) is 5.92 Å². The predicted octanol–water partition coefficient (Wildman–Crippen LogP) is 2.42. The van der Waals surface area contributed by atoms with Gasteiger partial charge >= 0.3 is 0 Å². The van der Waals surface area contributed by atoms with Crippen molar-refractivity contribution in [1.29, 1.82) is 0 Å². The molecule has 0 spiro atoms. The van der Waals surface area contributed by atoms with Crippen molar-refractivity contribution in [1.82, 2.24) is 9.88 Å². The lowest BCUT2D eigenvalue weighted by atomic mass is 10.1. The zero-order valence-corrected chi connectivity index (χ0v) is 13.7. The molecule has 1 atom stereocenters. The summed E-state index contributed by atoms with van der Waals surface area (Å²) in [7, 11) is 0. The van der Waals surface area contributed by atoms with Gasteiger partial charge in [0.1, 0.15) is 5.82 Å². The summed E-state index contributed by atoms with van der Waals surface area (Å²) >= 11 is 0. The Kier molecular flexibility index (Phi) is 4.89. The van der Waals surface area contributed by atoms with Crippen LogP contribution in [-0.2, 0) is 16.0 Å². The fourth-order valence-electron chi connectivity index (χ4n) is 2.91. The van der Waals surface area contributed by atoms with Gasteiger partial charge in [0.15, 0.2) is 0 Å². The molecule has 24 heavy (non-hydrogen) atoms. The van der Waals surface area contributed by atoms with E-state index in [4.69, 9.17) is 0 Å². The zero-order valence-electron chi connectivity index (χ0n) is 13.7. The molecular weight excluding hydrogens is 302 g/mol. The molecule has 1 aliphatic rings. The van der Waals surface area contributed by atoms with Gasteiger partial charge < -0.3 is 10.2 Å². The Bertz CT molecular complexity index is 730. The first-order chi connectivity index (χ1) is 11.6. The molecule has 2 aromatic rings. The number of nitrogens with one attached hydrogen (secondary N) is 1. The third-order valence-electron chi connectivity index (χ3n) is 4.35. The van der Waals surface area contributed by atoms with Gasteiger partial charge in [-0.3, -0.25) is 9.59 Å². The van der Waals surface area contributed by atoms with E-state index < -0.39 is 0 Å². The topological polar surface area (TPSA) is 62.3 Å². The van der Waals surface area contributed by atoms with Crippen molar-refractivity contribution < 1.29 is 9.59 Å². The average Bonchev–Trinajstić information content (AvgIpc) is 2.97. The molecule has 3 rings (SSSR count). The third kappa shape index (κ3) is 3.79. The predicted molar refractivity (Wildman–Crippen MR) is 92.4 cm³/mol. The molecule has 1 unspecified atom stereocenters. The summed E-state index contributed by atoms with van der Waals surface area (Å²) in [6.07, 6.45) is 2.72. The molecule has 2 amide bonds. The number of pyridine rings is 1. The molecule has 1 fully saturated rings. The van der Waals surface area contributed by atoms with E-state index >= 15 is 0 Å². The number of carbonyl (C=O) groups is 2. The lowest BCUT2D eigenvalue weighted by Gasteiger charge is -2.16. The number of rotatable bonds is 5. The molecular formula is C19H21N3O2. The maximum Gasteiger partial charge on any atom is 0.230 e. The second kappa shape index (κ2) is 7.25. The number of hydrogen-bond acceptors (Lipinski definition) is 3. The first kappa shape index (κ1) is 16.2. The molecule has 124 valence electrons. The largest absolute Gasteiger partial charge is 0.342 e.